The van der Waals surface area contributed by atoms with Crippen LogP contribution in [0.4, 0.5) is 4.79 Å². The molecule has 1 aliphatic rings. The lowest BCUT2D eigenvalue weighted by atomic mass is 10.1. The van der Waals surface area contributed by atoms with Crippen LogP contribution in [0, 0.1) is 6.92 Å². The van der Waals surface area contributed by atoms with Gasteiger partial charge in [-0.1, -0.05) is 37.1 Å². The molecule has 1 aliphatic carbocycles. The fraction of sp³-hybridized carbons (Fsp3) is 0.500. The summed E-state index contributed by atoms with van der Waals surface area (Å²) in [5.74, 6) is 0. The molecular formula is C14H20N2O. The second-order valence-electron chi connectivity index (χ2n) is 4.73. The third-order valence-corrected chi connectivity index (χ3v) is 3.39. The molecular weight excluding hydrogens is 212 g/mol. The molecule has 92 valence electrons. The highest BCUT2D eigenvalue weighted by atomic mass is 16.2. The van der Waals surface area contributed by atoms with Crippen molar-refractivity contribution < 1.29 is 4.79 Å². The number of benzene rings is 1. The van der Waals surface area contributed by atoms with Crippen molar-refractivity contribution in [2.24, 2.45) is 0 Å². The average molecular weight is 232 g/mol. The summed E-state index contributed by atoms with van der Waals surface area (Å²) in [6, 6.07) is 8.46. The Hall–Kier alpha value is -1.51. The third kappa shape index (κ3) is 3.48. The van der Waals surface area contributed by atoms with E-state index in [2.05, 4.69) is 23.6 Å². The number of aryl methyl sites for hydroxylation is 1. The van der Waals surface area contributed by atoms with Crippen LogP contribution in [0.5, 0.6) is 0 Å². The lowest BCUT2D eigenvalue weighted by Crippen LogP contribution is -2.40. The van der Waals surface area contributed by atoms with Crippen molar-refractivity contribution in [1.29, 1.82) is 0 Å². The van der Waals surface area contributed by atoms with Crippen LogP contribution in [0.3, 0.4) is 0 Å². The number of rotatable bonds is 3. The van der Waals surface area contributed by atoms with E-state index in [0.717, 1.165) is 12.8 Å². The summed E-state index contributed by atoms with van der Waals surface area (Å²) < 4.78 is 0. The minimum Gasteiger partial charge on any atom is -0.335 e. The second kappa shape index (κ2) is 5.71. The molecule has 0 unspecified atom stereocenters. The SMILES string of the molecule is Cc1ccccc1CNC(=O)NC1CCCC1. The van der Waals surface area contributed by atoms with Crippen LogP contribution < -0.4 is 10.6 Å². The number of carbonyl (C=O) groups is 1. The van der Waals surface area contributed by atoms with E-state index in [9.17, 15) is 4.79 Å². The first kappa shape index (κ1) is 12.0. The molecule has 2 N–H and O–H groups in total. The Morgan fingerprint density at radius 1 is 1.29 bits per heavy atom. The Balaban J connectivity index is 1.77. The van der Waals surface area contributed by atoms with Gasteiger partial charge in [0, 0.05) is 12.6 Å². The summed E-state index contributed by atoms with van der Waals surface area (Å²) in [5.41, 5.74) is 2.39. The molecule has 1 fully saturated rings. The maximum Gasteiger partial charge on any atom is 0.315 e. The normalized spacial score (nSPS) is 15.8. The van der Waals surface area contributed by atoms with Crippen LogP contribution in [0.15, 0.2) is 24.3 Å². The molecule has 3 heteroatoms. The van der Waals surface area contributed by atoms with Crippen molar-refractivity contribution in [1.82, 2.24) is 10.6 Å². The first-order valence-corrected chi connectivity index (χ1v) is 6.34. The molecule has 2 amide bonds. The van der Waals surface area contributed by atoms with Crippen LogP contribution in [0.2, 0.25) is 0 Å². The molecule has 0 aromatic heterocycles. The van der Waals surface area contributed by atoms with Crippen molar-refractivity contribution in [2.45, 2.75) is 45.2 Å². The highest BCUT2D eigenvalue weighted by molar-refractivity contribution is 5.74. The van der Waals surface area contributed by atoms with Gasteiger partial charge < -0.3 is 10.6 Å². The van der Waals surface area contributed by atoms with Gasteiger partial charge in [0.1, 0.15) is 0 Å². The van der Waals surface area contributed by atoms with E-state index in [0.29, 0.717) is 12.6 Å². The number of carbonyl (C=O) groups excluding carboxylic acids is 1. The molecule has 17 heavy (non-hydrogen) atoms. The predicted molar refractivity (Wildman–Crippen MR) is 68.8 cm³/mol. The summed E-state index contributed by atoms with van der Waals surface area (Å²) in [5, 5.41) is 5.94. The van der Waals surface area contributed by atoms with Gasteiger partial charge in [0.05, 0.1) is 0 Å². The van der Waals surface area contributed by atoms with E-state index < -0.39 is 0 Å². The third-order valence-electron chi connectivity index (χ3n) is 3.39. The Morgan fingerprint density at radius 3 is 2.71 bits per heavy atom. The fourth-order valence-corrected chi connectivity index (χ4v) is 2.29. The molecule has 2 rings (SSSR count). The van der Waals surface area contributed by atoms with E-state index in [-0.39, 0.29) is 6.03 Å². The quantitative estimate of drug-likeness (QED) is 0.826. The average Bonchev–Trinajstić information content (AvgIpc) is 2.81. The van der Waals surface area contributed by atoms with Crippen LogP contribution in [0.1, 0.15) is 36.8 Å². The maximum absolute atomic E-state index is 11.7. The van der Waals surface area contributed by atoms with Gasteiger partial charge in [-0.25, -0.2) is 4.79 Å². The van der Waals surface area contributed by atoms with Gasteiger partial charge in [-0.3, -0.25) is 0 Å². The van der Waals surface area contributed by atoms with E-state index in [1.54, 1.807) is 0 Å². The van der Waals surface area contributed by atoms with Crippen molar-refractivity contribution in [3.05, 3.63) is 35.4 Å². The van der Waals surface area contributed by atoms with Gasteiger partial charge in [0.15, 0.2) is 0 Å². The molecule has 0 atom stereocenters. The number of nitrogens with one attached hydrogen (secondary N) is 2. The monoisotopic (exact) mass is 232 g/mol. The lowest BCUT2D eigenvalue weighted by molar-refractivity contribution is 0.236. The fourth-order valence-electron chi connectivity index (χ4n) is 2.29. The van der Waals surface area contributed by atoms with Crippen LogP contribution in [-0.2, 0) is 6.54 Å². The van der Waals surface area contributed by atoms with Crippen molar-refractivity contribution >= 4 is 6.03 Å². The van der Waals surface area contributed by atoms with E-state index in [1.165, 1.54) is 24.0 Å². The molecule has 0 saturated heterocycles. The molecule has 0 aliphatic heterocycles. The summed E-state index contributed by atoms with van der Waals surface area (Å²) in [6.07, 6.45) is 4.72. The van der Waals surface area contributed by atoms with Crippen molar-refractivity contribution in [3.8, 4) is 0 Å². The predicted octanol–water partition coefficient (Wildman–Crippen LogP) is 2.74. The molecule has 1 aromatic carbocycles. The minimum absolute atomic E-state index is 0.0415. The largest absolute Gasteiger partial charge is 0.335 e. The zero-order valence-corrected chi connectivity index (χ0v) is 10.3. The van der Waals surface area contributed by atoms with E-state index in [4.69, 9.17) is 0 Å². The van der Waals surface area contributed by atoms with Crippen LogP contribution in [0.25, 0.3) is 0 Å². The van der Waals surface area contributed by atoms with Gasteiger partial charge in [0.2, 0.25) is 0 Å². The summed E-state index contributed by atoms with van der Waals surface area (Å²) in [4.78, 5) is 11.7. The Bertz CT molecular complexity index is 384. The van der Waals surface area contributed by atoms with E-state index in [1.807, 2.05) is 18.2 Å². The molecule has 3 nitrogen and oxygen atoms in total. The van der Waals surface area contributed by atoms with Crippen molar-refractivity contribution in [3.63, 3.8) is 0 Å². The molecule has 0 heterocycles. The number of urea groups is 1. The Labute approximate surface area is 103 Å². The first-order chi connectivity index (χ1) is 8.25. The van der Waals surface area contributed by atoms with Gasteiger partial charge in [-0.15, -0.1) is 0 Å². The first-order valence-electron chi connectivity index (χ1n) is 6.34. The second-order valence-corrected chi connectivity index (χ2v) is 4.73. The van der Waals surface area contributed by atoms with Gasteiger partial charge >= 0.3 is 6.03 Å². The molecule has 0 bridgehead atoms. The lowest BCUT2D eigenvalue weighted by Gasteiger charge is -2.13. The number of hydrogen-bond donors (Lipinski definition) is 2. The summed E-state index contributed by atoms with van der Waals surface area (Å²) in [7, 11) is 0. The topological polar surface area (TPSA) is 41.1 Å². The maximum atomic E-state index is 11.7. The van der Waals surface area contributed by atoms with Gasteiger partial charge in [0.25, 0.3) is 0 Å². The molecule has 1 aromatic rings. The highest BCUT2D eigenvalue weighted by Gasteiger charge is 2.16. The number of amides is 2. The Morgan fingerprint density at radius 2 is 2.00 bits per heavy atom. The summed E-state index contributed by atoms with van der Waals surface area (Å²) in [6.45, 7) is 2.66. The zero-order valence-electron chi connectivity index (χ0n) is 10.3. The van der Waals surface area contributed by atoms with E-state index >= 15 is 0 Å². The van der Waals surface area contributed by atoms with Crippen LogP contribution in [-0.4, -0.2) is 12.1 Å². The molecule has 1 saturated carbocycles. The molecule has 0 radical (unpaired) electrons. The Kier molecular flexibility index (Phi) is 4.02. The standard InChI is InChI=1S/C14H20N2O/c1-11-6-2-3-7-12(11)10-15-14(17)16-13-8-4-5-9-13/h2-3,6-7,13H,4-5,8-10H2,1H3,(H2,15,16,17). The van der Waals surface area contributed by atoms with Crippen molar-refractivity contribution in [2.75, 3.05) is 0 Å². The minimum atomic E-state index is -0.0415. The molecule has 0 spiro atoms. The zero-order chi connectivity index (χ0) is 12.1. The van der Waals surface area contributed by atoms with Gasteiger partial charge in [-0.2, -0.15) is 0 Å². The number of hydrogen-bond acceptors (Lipinski definition) is 1. The van der Waals surface area contributed by atoms with Gasteiger partial charge in [-0.05, 0) is 30.9 Å². The summed E-state index contributed by atoms with van der Waals surface area (Å²) >= 11 is 0. The highest BCUT2D eigenvalue weighted by Crippen LogP contribution is 2.17. The van der Waals surface area contributed by atoms with Crippen LogP contribution >= 0.6 is 0 Å². The smallest absolute Gasteiger partial charge is 0.315 e.